The van der Waals surface area contributed by atoms with E-state index in [1.54, 1.807) is 13.0 Å². The number of nitriles is 1. The molecule has 0 radical (unpaired) electrons. The molecule has 0 saturated carbocycles. The van der Waals surface area contributed by atoms with Crippen molar-refractivity contribution < 1.29 is 18.3 Å². The highest BCUT2D eigenvalue weighted by molar-refractivity contribution is 5.92. The average Bonchev–Trinajstić information content (AvgIpc) is 2.60. The summed E-state index contributed by atoms with van der Waals surface area (Å²) in [6.07, 6.45) is 1.12. The number of hydrogen-bond acceptors (Lipinski definition) is 5. The topological polar surface area (TPSA) is 106 Å². The predicted octanol–water partition coefficient (Wildman–Crippen LogP) is 1.14. The molecule has 1 heterocycles. The number of aromatic nitrogens is 2. The van der Waals surface area contributed by atoms with Gasteiger partial charge in [0, 0.05) is 12.7 Å². The number of nitrogens with zero attached hydrogens (tertiary/aromatic N) is 3. The van der Waals surface area contributed by atoms with Gasteiger partial charge in [-0.15, -0.1) is 0 Å². The Bertz CT molecular complexity index is 975. The highest BCUT2D eigenvalue weighted by Crippen LogP contribution is 2.25. The van der Waals surface area contributed by atoms with Gasteiger partial charge in [-0.05, 0) is 19.1 Å². The van der Waals surface area contributed by atoms with E-state index in [0.717, 1.165) is 10.8 Å². The molecule has 8 nitrogen and oxygen atoms in total. The molecule has 136 valence electrons. The molecular weight excluding hydrogens is 350 g/mol. The van der Waals surface area contributed by atoms with Crippen LogP contribution in [-0.4, -0.2) is 21.7 Å². The van der Waals surface area contributed by atoms with Crippen LogP contribution in [-0.2, 0) is 17.9 Å². The number of amides is 1. The Morgan fingerprint density at radius 2 is 2.04 bits per heavy atom. The first-order valence-electron chi connectivity index (χ1n) is 7.45. The minimum atomic E-state index is -3.08. The lowest BCUT2D eigenvalue weighted by Crippen LogP contribution is -2.43. The summed E-state index contributed by atoms with van der Waals surface area (Å²) in [5.41, 5.74) is -2.00. The average molecular weight is 364 g/mol. The first-order chi connectivity index (χ1) is 12.4. The number of alkyl halides is 2. The van der Waals surface area contributed by atoms with Crippen LogP contribution in [0.2, 0.25) is 0 Å². The van der Waals surface area contributed by atoms with Crippen molar-refractivity contribution in [2.45, 2.75) is 26.6 Å². The molecule has 0 aliphatic carbocycles. The van der Waals surface area contributed by atoms with Crippen molar-refractivity contribution >= 4 is 11.6 Å². The number of benzene rings is 1. The number of rotatable bonds is 6. The van der Waals surface area contributed by atoms with Crippen LogP contribution in [0.1, 0.15) is 12.5 Å². The molecule has 1 N–H and O–H groups in total. The van der Waals surface area contributed by atoms with Gasteiger partial charge in [-0.1, -0.05) is 12.1 Å². The Labute approximate surface area is 145 Å². The van der Waals surface area contributed by atoms with E-state index in [4.69, 9.17) is 5.26 Å². The third-order valence-corrected chi connectivity index (χ3v) is 3.38. The molecule has 2 rings (SSSR count). The molecule has 0 aliphatic rings. The van der Waals surface area contributed by atoms with Gasteiger partial charge < -0.3 is 10.1 Å². The van der Waals surface area contributed by atoms with Crippen LogP contribution in [0.4, 0.5) is 14.5 Å². The monoisotopic (exact) mass is 364 g/mol. The number of aryl methyl sites for hydroxylation is 1. The molecule has 10 heteroatoms. The van der Waals surface area contributed by atoms with Crippen molar-refractivity contribution in [2.75, 3.05) is 5.32 Å². The normalized spacial score (nSPS) is 10.4. The van der Waals surface area contributed by atoms with Gasteiger partial charge in [0.2, 0.25) is 5.91 Å². The molecule has 1 amide bonds. The molecule has 0 spiro atoms. The first-order valence-corrected chi connectivity index (χ1v) is 7.45. The maximum atomic E-state index is 12.4. The van der Waals surface area contributed by atoms with Crippen LogP contribution in [0.3, 0.4) is 0 Å². The largest absolute Gasteiger partial charge is 0.433 e. The summed E-state index contributed by atoms with van der Waals surface area (Å²) < 4.78 is 30.8. The van der Waals surface area contributed by atoms with Gasteiger partial charge in [-0.3, -0.25) is 14.2 Å². The van der Waals surface area contributed by atoms with Crippen LogP contribution in [0.15, 0.2) is 40.1 Å². The van der Waals surface area contributed by atoms with Crippen LogP contribution >= 0.6 is 0 Å². The molecule has 2 aromatic rings. The van der Waals surface area contributed by atoms with Gasteiger partial charge in [0.15, 0.2) is 0 Å². The summed E-state index contributed by atoms with van der Waals surface area (Å²) in [7, 11) is 0. The number of para-hydroxylation sites is 2. The number of carbonyl (C=O) groups is 1. The highest BCUT2D eigenvalue weighted by Gasteiger charge is 2.16. The van der Waals surface area contributed by atoms with Gasteiger partial charge in [-0.25, -0.2) is 9.36 Å². The van der Waals surface area contributed by atoms with Gasteiger partial charge in [0.25, 0.3) is 5.56 Å². The van der Waals surface area contributed by atoms with Crippen molar-refractivity contribution in [1.29, 1.82) is 5.26 Å². The molecule has 1 aromatic heterocycles. The molecular formula is C16H14F2N4O4. The molecule has 1 aromatic carbocycles. The number of anilines is 1. The fourth-order valence-electron chi connectivity index (χ4n) is 2.20. The fraction of sp³-hybridized carbons (Fsp3) is 0.250. The van der Waals surface area contributed by atoms with Gasteiger partial charge in [-0.2, -0.15) is 14.0 Å². The van der Waals surface area contributed by atoms with Crippen molar-refractivity contribution in [1.82, 2.24) is 9.13 Å². The molecule has 0 atom stereocenters. The van der Waals surface area contributed by atoms with Crippen LogP contribution in [0.5, 0.6) is 5.75 Å². The van der Waals surface area contributed by atoms with Gasteiger partial charge >= 0.3 is 12.3 Å². The minimum absolute atomic E-state index is 0.0434. The molecule has 0 unspecified atom stereocenters. The smallest absolute Gasteiger partial charge is 0.387 e. The summed E-state index contributed by atoms with van der Waals surface area (Å²) >= 11 is 0. The van der Waals surface area contributed by atoms with E-state index in [1.165, 1.54) is 24.3 Å². The van der Waals surface area contributed by atoms with E-state index in [2.05, 4.69) is 10.1 Å². The quantitative estimate of drug-likeness (QED) is 0.827. The van der Waals surface area contributed by atoms with Gasteiger partial charge in [0.1, 0.15) is 23.9 Å². The molecule has 0 fully saturated rings. The Morgan fingerprint density at radius 3 is 2.65 bits per heavy atom. The highest BCUT2D eigenvalue weighted by atomic mass is 19.3. The molecule has 26 heavy (non-hydrogen) atoms. The Kier molecular flexibility index (Phi) is 5.85. The Morgan fingerprint density at radius 1 is 1.35 bits per heavy atom. The van der Waals surface area contributed by atoms with Crippen LogP contribution in [0, 0.1) is 11.3 Å². The standard InChI is InChI=1S/C16H14F2N4O4/c1-2-21-8-10(7-19)14(24)22(16(21)25)9-13(23)20-11-5-3-4-6-12(11)26-15(17)18/h3-6,8,15H,2,9H2,1H3,(H,20,23). The van der Waals surface area contributed by atoms with Crippen molar-refractivity contribution in [2.24, 2.45) is 0 Å². The zero-order valence-corrected chi connectivity index (χ0v) is 13.6. The second kappa shape index (κ2) is 8.06. The number of halogens is 2. The van der Waals surface area contributed by atoms with Crippen LogP contribution < -0.4 is 21.3 Å². The van der Waals surface area contributed by atoms with Gasteiger partial charge in [0.05, 0.1) is 5.69 Å². The van der Waals surface area contributed by atoms with Crippen LogP contribution in [0.25, 0.3) is 0 Å². The van der Waals surface area contributed by atoms with Crippen molar-refractivity contribution in [3.63, 3.8) is 0 Å². The van der Waals surface area contributed by atoms with Crippen molar-refractivity contribution in [3.8, 4) is 11.8 Å². The van der Waals surface area contributed by atoms with E-state index in [-0.39, 0.29) is 23.5 Å². The Hall–Kier alpha value is -3.48. The first kappa shape index (κ1) is 18.9. The van der Waals surface area contributed by atoms with E-state index < -0.39 is 30.3 Å². The lowest BCUT2D eigenvalue weighted by atomic mass is 10.3. The summed E-state index contributed by atoms with van der Waals surface area (Å²) in [5, 5.41) is 11.3. The molecule has 0 bridgehead atoms. The number of nitrogens with one attached hydrogen (secondary N) is 1. The zero-order valence-electron chi connectivity index (χ0n) is 13.6. The third-order valence-electron chi connectivity index (χ3n) is 3.38. The Balaban J connectivity index is 2.31. The second-order valence-corrected chi connectivity index (χ2v) is 5.04. The minimum Gasteiger partial charge on any atom is -0.433 e. The molecule has 0 saturated heterocycles. The van der Waals surface area contributed by atoms with E-state index >= 15 is 0 Å². The lowest BCUT2D eigenvalue weighted by Gasteiger charge is -2.13. The number of carbonyl (C=O) groups excluding carboxylic acids is 1. The maximum Gasteiger partial charge on any atom is 0.387 e. The predicted molar refractivity (Wildman–Crippen MR) is 87.1 cm³/mol. The molecule has 0 aliphatic heterocycles. The summed E-state index contributed by atoms with van der Waals surface area (Å²) in [4.78, 5) is 36.5. The summed E-state index contributed by atoms with van der Waals surface area (Å²) in [6, 6.07) is 7.15. The lowest BCUT2D eigenvalue weighted by molar-refractivity contribution is -0.117. The SMILES string of the molecule is CCn1cc(C#N)c(=O)n(CC(=O)Nc2ccccc2OC(F)F)c1=O. The maximum absolute atomic E-state index is 12.4. The van der Waals surface area contributed by atoms with Crippen molar-refractivity contribution in [3.05, 3.63) is 56.9 Å². The third kappa shape index (κ3) is 4.13. The summed E-state index contributed by atoms with van der Waals surface area (Å²) in [6.45, 7) is -1.94. The fourth-order valence-corrected chi connectivity index (χ4v) is 2.20. The van der Waals surface area contributed by atoms with E-state index in [0.29, 0.717) is 4.57 Å². The zero-order chi connectivity index (χ0) is 19.3. The number of hydrogen-bond donors (Lipinski definition) is 1. The van der Waals surface area contributed by atoms with E-state index in [9.17, 15) is 23.2 Å². The number of ether oxygens (including phenoxy) is 1. The second-order valence-electron chi connectivity index (χ2n) is 5.04. The summed E-state index contributed by atoms with van der Waals surface area (Å²) in [5.74, 6) is -1.08. The van der Waals surface area contributed by atoms with E-state index in [1.807, 2.05) is 0 Å².